The summed E-state index contributed by atoms with van der Waals surface area (Å²) in [6.45, 7) is 9.29. The minimum absolute atomic E-state index is 0.288. The fourth-order valence-electron chi connectivity index (χ4n) is 2.70. The Labute approximate surface area is 132 Å². The second-order valence-electron chi connectivity index (χ2n) is 5.21. The molecule has 4 nitrogen and oxygen atoms in total. The van der Waals surface area contributed by atoms with Gasteiger partial charge < -0.3 is 15.5 Å². The van der Waals surface area contributed by atoms with E-state index in [1.54, 1.807) is 11.8 Å². The molecule has 1 aromatic rings. The number of likely N-dealkylation sites (N-methyl/N-ethyl adjacent to an activating group) is 1. The highest BCUT2D eigenvalue weighted by atomic mass is 32.2. The van der Waals surface area contributed by atoms with E-state index in [-0.39, 0.29) is 6.04 Å². The van der Waals surface area contributed by atoms with E-state index in [2.05, 4.69) is 59.2 Å². The van der Waals surface area contributed by atoms with E-state index in [0.717, 1.165) is 32.7 Å². The zero-order valence-electron chi connectivity index (χ0n) is 13.2. The Balaban J connectivity index is 2.04. The molecule has 1 aliphatic heterocycles. The summed E-state index contributed by atoms with van der Waals surface area (Å²) < 4.78 is 0. The van der Waals surface area contributed by atoms with Crippen molar-refractivity contribution in [2.24, 2.45) is 10.7 Å². The van der Waals surface area contributed by atoms with Crippen molar-refractivity contribution < 1.29 is 0 Å². The number of nitrogens with zero attached hydrogens (tertiary/aromatic N) is 3. The summed E-state index contributed by atoms with van der Waals surface area (Å²) in [6.07, 6.45) is 2.10. The first kappa shape index (κ1) is 16.2. The van der Waals surface area contributed by atoms with Crippen LogP contribution in [0.25, 0.3) is 0 Å². The summed E-state index contributed by atoms with van der Waals surface area (Å²) in [5.74, 6) is 0.682. The molecule has 0 aliphatic carbocycles. The highest BCUT2D eigenvalue weighted by molar-refractivity contribution is 7.98. The molecule has 1 heterocycles. The highest BCUT2D eigenvalue weighted by Gasteiger charge is 2.27. The molecule has 1 aromatic carbocycles. The quantitative estimate of drug-likeness (QED) is 0.786. The van der Waals surface area contributed by atoms with Crippen molar-refractivity contribution in [1.29, 1.82) is 0 Å². The molecule has 1 atom stereocenters. The van der Waals surface area contributed by atoms with E-state index < -0.39 is 0 Å². The summed E-state index contributed by atoms with van der Waals surface area (Å²) in [7, 11) is 0. The monoisotopic (exact) mass is 306 g/mol. The van der Waals surface area contributed by atoms with Crippen LogP contribution in [0, 0.1) is 0 Å². The van der Waals surface area contributed by atoms with Gasteiger partial charge in [-0.25, -0.2) is 0 Å². The van der Waals surface area contributed by atoms with Crippen LogP contribution in [0.1, 0.15) is 25.5 Å². The third kappa shape index (κ3) is 3.92. The number of hydrogen-bond acceptors (Lipinski definition) is 5. The van der Waals surface area contributed by atoms with Crippen molar-refractivity contribution >= 4 is 17.7 Å². The lowest BCUT2D eigenvalue weighted by Crippen LogP contribution is -2.41. The number of nitrogens with two attached hydrogens (primary N) is 1. The molecule has 1 unspecified atom stereocenters. The lowest BCUT2D eigenvalue weighted by molar-refractivity contribution is 0.248. The van der Waals surface area contributed by atoms with Gasteiger partial charge in [0.15, 0.2) is 5.96 Å². The van der Waals surface area contributed by atoms with Gasteiger partial charge in [0.2, 0.25) is 0 Å². The minimum Gasteiger partial charge on any atom is -0.370 e. The molecule has 0 spiro atoms. The van der Waals surface area contributed by atoms with Crippen LogP contribution in [0.15, 0.2) is 34.2 Å². The average molecular weight is 306 g/mol. The van der Waals surface area contributed by atoms with Gasteiger partial charge in [-0.1, -0.05) is 26.0 Å². The number of aliphatic imine (C=N–C) groups is 1. The third-order valence-electron chi connectivity index (χ3n) is 4.15. The maximum atomic E-state index is 6.09. The van der Waals surface area contributed by atoms with Crippen LogP contribution in [0.4, 0.5) is 0 Å². The highest BCUT2D eigenvalue weighted by Crippen LogP contribution is 2.27. The summed E-state index contributed by atoms with van der Waals surface area (Å²) >= 11 is 1.77. The van der Waals surface area contributed by atoms with E-state index in [1.165, 1.54) is 10.5 Å². The summed E-state index contributed by atoms with van der Waals surface area (Å²) in [4.78, 5) is 10.4. The van der Waals surface area contributed by atoms with E-state index in [0.29, 0.717) is 5.96 Å². The molecule has 2 rings (SSSR count). The molecule has 0 saturated heterocycles. The standard InChI is InChI=1S/C16H26N4S/c1-4-19(5-2)10-11-20-15(12-18-16(20)17)13-6-8-14(21-3)9-7-13/h6-9,15H,4-5,10-12H2,1-3H3,(H2,17,18). The Morgan fingerprint density at radius 1 is 1.29 bits per heavy atom. The zero-order valence-corrected chi connectivity index (χ0v) is 14.1. The van der Waals surface area contributed by atoms with Gasteiger partial charge in [0.25, 0.3) is 0 Å². The van der Waals surface area contributed by atoms with Crippen molar-refractivity contribution in [2.75, 3.05) is 39.0 Å². The smallest absolute Gasteiger partial charge is 0.191 e. The van der Waals surface area contributed by atoms with Crippen LogP contribution in [-0.2, 0) is 0 Å². The number of hydrogen-bond donors (Lipinski definition) is 1. The van der Waals surface area contributed by atoms with Gasteiger partial charge >= 0.3 is 0 Å². The number of guanidine groups is 1. The summed E-state index contributed by atoms with van der Waals surface area (Å²) in [5, 5.41) is 0. The van der Waals surface area contributed by atoms with Crippen molar-refractivity contribution in [3.8, 4) is 0 Å². The van der Waals surface area contributed by atoms with Crippen molar-refractivity contribution in [3.63, 3.8) is 0 Å². The molecule has 0 radical (unpaired) electrons. The SMILES string of the molecule is CCN(CC)CCN1C(N)=NCC1c1ccc(SC)cc1. The topological polar surface area (TPSA) is 44.9 Å². The fourth-order valence-corrected chi connectivity index (χ4v) is 3.11. The number of thioether (sulfide) groups is 1. The second-order valence-corrected chi connectivity index (χ2v) is 6.09. The fraction of sp³-hybridized carbons (Fsp3) is 0.562. The lowest BCUT2D eigenvalue weighted by Gasteiger charge is -2.29. The van der Waals surface area contributed by atoms with Crippen LogP contribution >= 0.6 is 11.8 Å². The predicted octanol–water partition coefficient (Wildman–Crippen LogP) is 2.42. The van der Waals surface area contributed by atoms with Crippen LogP contribution in [0.5, 0.6) is 0 Å². The normalized spacial score (nSPS) is 18.4. The molecular formula is C16H26N4S. The van der Waals surface area contributed by atoms with Crippen LogP contribution in [-0.4, -0.2) is 54.7 Å². The lowest BCUT2D eigenvalue weighted by atomic mass is 10.1. The van der Waals surface area contributed by atoms with Crippen LogP contribution in [0.2, 0.25) is 0 Å². The van der Waals surface area contributed by atoms with Gasteiger partial charge in [-0.3, -0.25) is 4.99 Å². The predicted molar refractivity (Wildman–Crippen MR) is 91.9 cm³/mol. The molecule has 0 bridgehead atoms. The molecule has 21 heavy (non-hydrogen) atoms. The van der Waals surface area contributed by atoms with Crippen molar-refractivity contribution in [1.82, 2.24) is 9.80 Å². The van der Waals surface area contributed by atoms with E-state index in [1.807, 2.05) is 0 Å². The van der Waals surface area contributed by atoms with Crippen LogP contribution < -0.4 is 5.73 Å². The van der Waals surface area contributed by atoms with Crippen molar-refractivity contribution in [3.05, 3.63) is 29.8 Å². The number of benzene rings is 1. The summed E-state index contributed by atoms with van der Waals surface area (Å²) in [6, 6.07) is 9.05. The maximum Gasteiger partial charge on any atom is 0.191 e. The van der Waals surface area contributed by atoms with Gasteiger partial charge in [-0.05, 0) is 37.0 Å². The zero-order chi connectivity index (χ0) is 15.2. The van der Waals surface area contributed by atoms with Gasteiger partial charge in [0.1, 0.15) is 0 Å². The van der Waals surface area contributed by atoms with Gasteiger partial charge in [-0.15, -0.1) is 11.8 Å². The second kappa shape index (κ2) is 7.71. The molecule has 0 amide bonds. The summed E-state index contributed by atoms with van der Waals surface area (Å²) in [5.41, 5.74) is 7.39. The van der Waals surface area contributed by atoms with E-state index in [9.17, 15) is 0 Å². The Hall–Kier alpha value is -1.20. The van der Waals surface area contributed by atoms with Gasteiger partial charge in [0.05, 0.1) is 12.6 Å². The first-order valence-corrected chi connectivity index (χ1v) is 8.84. The molecule has 116 valence electrons. The molecular weight excluding hydrogens is 280 g/mol. The van der Waals surface area contributed by atoms with Crippen LogP contribution in [0.3, 0.4) is 0 Å². The van der Waals surface area contributed by atoms with Crippen molar-refractivity contribution in [2.45, 2.75) is 24.8 Å². The molecule has 5 heteroatoms. The first-order chi connectivity index (χ1) is 10.2. The first-order valence-electron chi connectivity index (χ1n) is 7.62. The Kier molecular flexibility index (Phi) is 5.94. The van der Waals surface area contributed by atoms with E-state index >= 15 is 0 Å². The molecule has 0 fully saturated rings. The average Bonchev–Trinajstić information content (AvgIpc) is 2.89. The Bertz CT molecular complexity index is 468. The molecule has 0 aromatic heterocycles. The molecule has 0 saturated carbocycles. The Morgan fingerprint density at radius 2 is 1.95 bits per heavy atom. The molecule has 2 N–H and O–H groups in total. The minimum atomic E-state index is 0.288. The van der Waals surface area contributed by atoms with Gasteiger partial charge in [0, 0.05) is 18.0 Å². The van der Waals surface area contributed by atoms with Gasteiger partial charge in [-0.2, -0.15) is 0 Å². The Morgan fingerprint density at radius 3 is 2.52 bits per heavy atom. The largest absolute Gasteiger partial charge is 0.370 e. The third-order valence-corrected chi connectivity index (χ3v) is 4.89. The number of rotatable bonds is 7. The molecule has 1 aliphatic rings. The van der Waals surface area contributed by atoms with E-state index in [4.69, 9.17) is 5.73 Å². The maximum absolute atomic E-state index is 6.09.